The number of aryl methyl sites for hydroxylation is 1. The normalized spacial score (nSPS) is 12.3. The molecule has 5 rings (SSSR count). The molecule has 4 nitrogen and oxygen atoms in total. The number of carbonyl (C=O) groups is 2. The van der Waals surface area contributed by atoms with E-state index in [1.807, 2.05) is 36.5 Å². The van der Waals surface area contributed by atoms with Crippen LogP contribution in [0.2, 0.25) is 0 Å². The fourth-order valence-corrected chi connectivity index (χ4v) is 8.55. The van der Waals surface area contributed by atoms with Crippen molar-refractivity contribution in [1.29, 1.82) is 0 Å². The van der Waals surface area contributed by atoms with Crippen LogP contribution in [0.3, 0.4) is 0 Å². The van der Waals surface area contributed by atoms with Crippen molar-refractivity contribution in [2.24, 2.45) is 5.92 Å². The number of rotatable bonds is 15. The van der Waals surface area contributed by atoms with Gasteiger partial charge in [-0.15, -0.1) is 22.7 Å². The van der Waals surface area contributed by atoms with Crippen molar-refractivity contribution in [3.05, 3.63) is 75.8 Å². The van der Waals surface area contributed by atoms with Crippen LogP contribution in [0.15, 0.2) is 59.1 Å². The Hall–Kier alpha value is -2.74. The molecule has 0 spiro atoms. The van der Waals surface area contributed by atoms with Crippen LogP contribution in [0.5, 0.6) is 5.75 Å². The molecule has 3 aromatic carbocycles. The van der Waals surface area contributed by atoms with E-state index in [-0.39, 0.29) is 5.97 Å². The molecular formula is C37H41BrO4S2. The largest absolute Gasteiger partial charge is 0.462 e. The van der Waals surface area contributed by atoms with Gasteiger partial charge in [-0.2, -0.15) is 0 Å². The quantitative estimate of drug-likeness (QED) is 0.0622. The zero-order valence-corrected chi connectivity index (χ0v) is 29.1. The van der Waals surface area contributed by atoms with Crippen LogP contribution in [-0.2, 0) is 11.2 Å². The molecule has 2 heterocycles. The lowest BCUT2D eigenvalue weighted by Crippen LogP contribution is -2.12. The summed E-state index contributed by atoms with van der Waals surface area (Å²) >= 11 is 7.02. The second-order valence-corrected chi connectivity index (χ2v) is 14.7. The third-order valence-corrected chi connectivity index (χ3v) is 11.4. The van der Waals surface area contributed by atoms with Gasteiger partial charge in [0.15, 0.2) is 0 Å². The monoisotopic (exact) mass is 692 g/mol. The van der Waals surface area contributed by atoms with E-state index in [0.717, 1.165) is 17.5 Å². The van der Waals surface area contributed by atoms with E-state index in [0.29, 0.717) is 33.9 Å². The zero-order chi connectivity index (χ0) is 31.1. The maximum Gasteiger partial charge on any atom is 0.343 e. The Morgan fingerprint density at radius 1 is 0.750 bits per heavy atom. The van der Waals surface area contributed by atoms with Crippen molar-refractivity contribution in [2.75, 3.05) is 6.61 Å². The Kier molecular flexibility index (Phi) is 11.5. The summed E-state index contributed by atoms with van der Waals surface area (Å²) in [5, 5.41) is 2.47. The van der Waals surface area contributed by atoms with E-state index < -0.39 is 5.97 Å². The molecule has 44 heavy (non-hydrogen) atoms. The molecule has 0 saturated heterocycles. The van der Waals surface area contributed by atoms with Crippen LogP contribution in [0.25, 0.3) is 29.6 Å². The third kappa shape index (κ3) is 7.91. The van der Waals surface area contributed by atoms with Crippen molar-refractivity contribution in [2.45, 2.75) is 85.0 Å². The number of benzene rings is 3. The molecule has 0 aliphatic heterocycles. The minimum atomic E-state index is -0.438. The number of hydrogen-bond donors (Lipinski definition) is 0. The lowest BCUT2D eigenvalue weighted by molar-refractivity contribution is 0.0447. The summed E-state index contributed by atoms with van der Waals surface area (Å²) in [6.07, 6.45) is 12.8. The topological polar surface area (TPSA) is 52.6 Å². The Morgan fingerprint density at radius 2 is 1.36 bits per heavy atom. The lowest BCUT2D eigenvalue weighted by atomic mass is 10.0. The highest BCUT2D eigenvalue weighted by Gasteiger charge is 2.18. The highest BCUT2D eigenvalue weighted by molar-refractivity contribution is 9.10. The highest BCUT2D eigenvalue weighted by atomic mass is 79.9. The minimum Gasteiger partial charge on any atom is -0.462 e. The molecule has 0 bridgehead atoms. The minimum absolute atomic E-state index is 0.306. The molecule has 0 saturated carbocycles. The van der Waals surface area contributed by atoms with Gasteiger partial charge in [-0.25, -0.2) is 9.59 Å². The van der Waals surface area contributed by atoms with Gasteiger partial charge >= 0.3 is 11.9 Å². The van der Waals surface area contributed by atoms with Crippen molar-refractivity contribution in [1.82, 2.24) is 0 Å². The summed E-state index contributed by atoms with van der Waals surface area (Å²) < 4.78 is 16.6. The molecule has 232 valence electrons. The van der Waals surface area contributed by atoms with Gasteiger partial charge in [0.05, 0.1) is 31.6 Å². The first-order chi connectivity index (χ1) is 21.4. The standard InChI is InChI=1S/C37H41BrO4S2/c1-4-6-7-8-9-10-11-12-13-25-14-17-28-32(20-25)43-35-29-18-15-27(22-33(29)44-34(28)35)37(40)42-31-19-16-26(21-30(31)38)36(39)41-23-24(3)5-2/h14-22,24H,4-13,23H2,1-3H3/t24-/m0/s1. The summed E-state index contributed by atoms with van der Waals surface area (Å²) in [5.74, 6) is -0.166. The van der Waals surface area contributed by atoms with E-state index in [1.165, 1.54) is 81.8 Å². The van der Waals surface area contributed by atoms with E-state index >= 15 is 0 Å². The average molecular weight is 694 g/mol. The molecule has 0 unspecified atom stereocenters. The molecule has 0 aliphatic rings. The smallest absolute Gasteiger partial charge is 0.343 e. The fourth-order valence-electron chi connectivity index (χ4n) is 5.33. The first-order valence-corrected chi connectivity index (χ1v) is 18.4. The van der Waals surface area contributed by atoms with Crippen molar-refractivity contribution >= 4 is 80.1 Å². The van der Waals surface area contributed by atoms with Gasteiger partial charge in [0.25, 0.3) is 0 Å². The highest BCUT2D eigenvalue weighted by Crippen LogP contribution is 2.44. The Morgan fingerprint density at radius 3 is 2.05 bits per heavy atom. The van der Waals surface area contributed by atoms with Crippen LogP contribution in [0.4, 0.5) is 0 Å². The van der Waals surface area contributed by atoms with Gasteiger partial charge in [0, 0.05) is 20.2 Å². The predicted molar refractivity (Wildman–Crippen MR) is 190 cm³/mol. The molecule has 0 fully saturated rings. The maximum absolute atomic E-state index is 13.1. The molecule has 2 aromatic heterocycles. The Balaban J connectivity index is 1.23. The van der Waals surface area contributed by atoms with Gasteiger partial charge in [0.2, 0.25) is 0 Å². The summed E-state index contributed by atoms with van der Waals surface area (Å²) in [6.45, 7) is 6.75. The summed E-state index contributed by atoms with van der Waals surface area (Å²) in [5.41, 5.74) is 2.33. The van der Waals surface area contributed by atoms with Gasteiger partial charge in [-0.3, -0.25) is 0 Å². The molecule has 7 heteroatoms. The van der Waals surface area contributed by atoms with E-state index in [4.69, 9.17) is 9.47 Å². The molecular weight excluding hydrogens is 652 g/mol. The van der Waals surface area contributed by atoms with Gasteiger partial charge in [-0.1, -0.05) is 90.3 Å². The van der Waals surface area contributed by atoms with Crippen LogP contribution in [-0.4, -0.2) is 18.5 Å². The van der Waals surface area contributed by atoms with Crippen molar-refractivity contribution in [3.63, 3.8) is 0 Å². The molecule has 1 atom stereocenters. The number of esters is 2. The Labute approximate surface area is 276 Å². The van der Waals surface area contributed by atoms with Crippen LogP contribution >= 0.6 is 38.6 Å². The van der Waals surface area contributed by atoms with Gasteiger partial charge in [-0.05, 0) is 76.7 Å². The first kappa shape index (κ1) is 32.6. The second kappa shape index (κ2) is 15.5. The first-order valence-electron chi connectivity index (χ1n) is 15.9. The summed E-state index contributed by atoms with van der Waals surface area (Å²) in [4.78, 5) is 25.5. The molecule has 0 N–H and O–H groups in total. The number of thiophene rings is 2. The zero-order valence-electron chi connectivity index (χ0n) is 25.9. The molecule has 5 aromatic rings. The molecule has 0 radical (unpaired) electrons. The number of carbonyl (C=O) groups excluding carboxylic acids is 2. The fraction of sp³-hybridized carbons (Fsp3) is 0.405. The number of fused-ring (bicyclic) bond motifs is 5. The van der Waals surface area contributed by atoms with Gasteiger partial charge in [0.1, 0.15) is 5.75 Å². The predicted octanol–water partition coefficient (Wildman–Crippen LogP) is 12.1. The van der Waals surface area contributed by atoms with E-state index in [9.17, 15) is 9.59 Å². The lowest BCUT2D eigenvalue weighted by Gasteiger charge is -2.11. The van der Waals surface area contributed by atoms with Crippen molar-refractivity contribution in [3.8, 4) is 5.75 Å². The van der Waals surface area contributed by atoms with Crippen LogP contribution in [0.1, 0.15) is 105 Å². The maximum atomic E-state index is 13.1. The summed E-state index contributed by atoms with van der Waals surface area (Å²) in [6, 6.07) is 17.6. The summed E-state index contributed by atoms with van der Waals surface area (Å²) in [7, 11) is 0. The second-order valence-electron chi connectivity index (χ2n) is 11.8. The van der Waals surface area contributed by atoms with Crippen LogP contribution in [0, 0.1) is 5.92 Å². The number of hydrogen-bond acceptors (Lipinski definition) is 6. The van der Waals surface area contributed by atoms with Gasteiger partial charge < -0.3 is 9.47 Å². The molecule has 0 amide bonds. The molecule has 0 aliphatic carbocycles. The van der Waals surface area contributed by atoms with Crippen LogP contribution < -0.4 is 4.74 Å². The third-order valence-electron chi connectivity index (χ3n) is 8.27. The number of halogens is 1. The number of ether oxygens (including phenoxy) is 2. The van der Waals surface area contributed by atoms with E-state index in [2.05, 4.69) is 48.0 Å². The average Bonchev–Trinajstić information content (AvgIpc) is 3.56. The Bertz CT molecular complexity index is 1750. The SMILES string of the molecule is CCCCCCCCCCc1ccc2c(c1)sc1c3ccc(C(=O)Oc4ccc(C(=O)OC[C@@H](C)CC)cc4Br)cc3sc21. The number of unbranched alkanes of at least 4 members (excludes halogenated alkanes) is 7. The van der Waals surface area contributed by atoms with E-state index in [1.54, 1.807) is 29.5 Å². The van der Waals surface area contributed by atoms with Crippen molar-refractivity contribution < 1.29 is 19.1 Å².